The lowest BCUT2D eigenvalue weighted by Gasteiger charge is -2.24. The van der Waals surface area contributed by atoms with Gasteiger partial charge >= 0.3 is 18.6 Å². The highest BCUT2D eigenvalue weighted by molar-refractivity contribution is 5.80. The molecule has 0 radical (unpaired) electrons. The van der Waals surface area contributed by atoms with Crippen molar-refractivity contribution in [3.63, 3.8) is 0 Å². The number of aliphatic carboxylic acids is 1. The monoisotopic (exact) mass is 368 g/mol. The molecule has 8 heteroatoms. The van der Waals surface area contributed by atoms with Gasteiger partial charge in [0.1, 0.15) is 5.75 Å². The van der Waals surface area contributed by atoms with Gasteiger partial charge in [0.2, 0.25) is 0 Å². The van der Waals surface area contributed by atoms with Gasteiger partial charge in [-0.05, 0) is 43.4 Å². The number of nitrogens with zero attached hydrogens (tertiary/aromatic N) is 1. The summed E-state index contributed by atoms with van der Waals surface area (Å²) in [5.41, 5.74) is -0.0678. The number of urea groups is 1. The zero-order valence-electron chi connectivity index (χ0n) is 14.5. The fourth-order valence-electron chi connectivity index (χ4n) is 4.09. The lowest BCUT2D eigenvalue weighted by Crippen LogP contribution is -2.42. The van der Waals surface area contributed by atoms with Crippen molar-refractivity contribution in [2.24, 2.45) is 11.3 Å². The van der Waals surface area contributed by atoms with Crippen LogP contribution in [0.5, 0.6) is 5.75 Å². The molecule has 2 amide bonds. The summed E-state index contributed by atoms with van der Waals surface area (Å²) in [6.07, 6.45) is 2.32. The first-order valence-electron chi connectivity index (χ1n) is 8.65. The van der Waals surface area contributed by atoms with Gasteiger partial charge in [-0.15, -0.1) is 0 Å². The largest absolute Gasteiger partial charge is 0.481 e. The van der Waals surface area contributed by atoms with E-state index in [1.807, 2.05) is 0 Å². The van der Waals surface area contributed by atoms with Gasteiger partial charge in [0.15, 0.2) is 0 Å². The predicted molar refractivity (Wildman–Crippen MR) is 89.0 cm³/mol. The van der Waals surface area contributed by atoms with Crippen molar-refractivity contribution in [3.05, 3.63) is 29.8 Å². The standard InChI is InChI=1S/C18H22F2N2O4/c1-11(12-4-6-14(7-5-12)26-16(19)20)21-17(25)22-9-13-3-2-8-18(13,10-22)15(23)24/h4-7,11,13,16H,2-3,8-10H2,1H3,(H,21,25)(H,23,24)/t11?,13-,18+/m0/s1. The molecule has 1 saturated carbocycles. The minimum Gasteiger partial charge on any atom is -0.481 e. The van der Waals surface area contributed by atoms with Gasteiger partial charge in [-0.2, -0.15) is 8.78 Å². The molecule has 26 heavy (non-hydrogen) atoms. The molecule has 1 unspecified atom stereocenters. The Balaban J connectivity index is 1.60. The molecular weight excluding hydrogens is 346 g/mol. The third kappa shape index (κ3) is 3.45. The van der Waals surface area contributed by atoms with Crippen LogP contribution in [0.1, 0.15) is 37.8 Å². The molecule has 3 rings (SSSR count). The second-order valence-corrected chi connectivity index (χ2v) is 7.05. The lowest BCUT2D eigenvalue weighted by molar-refractivity contribution is -0.149. The Hall–Kier alpha value is -2.38. The number of carbonyl (C=O) groups excluding carboxylic acids is 1. The first kappa shape index (κ1) is 18.4. The molecule has 0 spiro atoms. The Labute approximate surface area is 150 Å². The fourth-order valence-corrected chi connectivity index (χ4v) is 4.09. The van der Waals surface area contributed by atoms with Crippen LogP contribution < -0.4 is 10.1 Å². The third-order valence-electron chi connectivity index (χ3n) is 5.53. The molecule has 1 aromatic carbocycles. The number of halogens is 2. The minimum atomic E-state index is -2.88. The quantitative estimate of drug-likeness (QED) is 0.836. The van der Waals surface area contributed by atoms with Gasteiger partial charge in [0.25, 0.3) is 0 Å². The summed E-state index contributed by atoms with van der Waals surface area (Å²) in [6.45, 7) is -0.419. The molecular formula is C18H22F2N2O4. The van der Waals surface area contributed by atoms with E-state index in [0.29, 0.717) is 13.0 Å². The first-order valence-corrected chi connectivity index (χ1v) is 8.65. The number of ether oxygens (including phenoxy) is 1. The summed E-state index contributed by atoms with van der Waals surface area (Å²) in [5.74, 6) is -0.761. The number of carboxylic acid groups (broad SMARTS) is 1. The van der Waals surface area contributed by atoms with E-state index in [2.05, 4.69) is 10.1 Å². The Morgan fingerprint density at radius 2 is 2.04 bits per heavy atom. The highest BCUT2D eigenvalue weighted by Gasteiger charge is 2.55. The van der Waals surface area contributed by atoms with Gasteiger partial charge < -0.3 is 20.1 Å². The Morgan fingerprint density at radius 1 is 1.35 bits per heavy atom. The Morgan fingerprint density at radius 3 is 2.62 bits per heavy atom. The summed E-state index contributed by atoms with van der Waals surface area (Å²) in [4.78, 5) is 25.8. The van der Waals surface area contributed by atoms with E-state index in [1.165, 1.54) is 12.1 Å². The zero-order chi connectivity index (χ0) is 18.9. The van der Waals surface area contributed by atoms with Crippen LogP contribution >= 0.6 is 0 Å². The number of carboxylic acids is 1. The van der Waals surface area contributed by atoms with Gasteiger partial charge in [-0.3, -0.25) is 4.79 Å². The van der Waals surface area contributed by atoms with Crippen molar-refractivity contribution in [1.82, 2.24) is 10.2 Å². The average Bonchev–Trinajstić information content (AvgIpc) is 3.13. The molecule has 0 bridgehead atoms. The number of amides is 2. The van der Waals surface area contributed by atoms with E-state index < -0.39 is 18.0 Å². The van der Waals surface area contributed by atoms with Crippen molar-refractivity contribution in [1.29, 1.82) is 0 Å². The topological polar surface area (TPSA) is 78.9 Å². The van der Waals surface area contributed by atoms with E-state index >= 15 is 0 Å². The van der Waals surface area contributed by atoms with Crippen LogP contribution in [-0.4, -0.2) is 41.7 Å². The maximum atomic E-state index is 12.5. The number of carbonyl (C=O) groups is 2. The summed E-state index contributed by atoms with van der Waals surface area (Å²) in [7, 11) is 0. The predicted octanol–water partition coefficient (Wildman–Crippen LogP) is 3.25. The molecule has 1 saturated heterocycles. The van der Waals surface area contributed by atoms with Gasteiger partial charge in [0, 0.05) is 13.1 Å². The van der Waals surface area contributed by atoms with Crippen molar-refractivity contribution in [3.8, 4) is 5.75 Å². The minimum absolute atomic E-state index is 0.00633. The molecule has 2 N–H and O–H groups in total. The van der Waals surface area contributed by atoms with Gasteiger partial charge in [-0.1, -0.05) is 18.6 Å². The lowest BCUT2D eigenvalue weighted by atomic mass is 9.81. The van der Waals surface area contributed by atoms with Crippen molar-refractivity contribution in [2.45, 2.75) is 38.8 Å². The summed E-state index contributed by atoms with van der Waals surface area (Å²) < 4.78 is 28.7. The fraction of sp³-hybridized carbons (Fsp3) is 0.556. The summed E-state index contributed by atoms with van der Waals surface area (Å²) >= 11 is 0. The van der Waals surface area contributed by atoms with E-state index in [4.69, 9.17) is 0 Å². The third-order valence-corrected chi connectivity index (χ3v) is 5.53. The van der Waals surface area contributed by atoms with E-state index in [0.717, 1.165) is 18.4 Å². The van der Waals surface area contributed by atoms with Crippen LogP contribution in [0.4, 0.5) is 13.6 Å². The number of alkyl halides is 2. The highest BCUT2D eigenvalue weighted by Crippen LogP contribution is 2.48. The molecule has 2 fully saturated rings. The van der Waals surface area contributed by atoms with Crippen molar-refractivity contribution in [2.75, 3.05) is 13.1 Å². The maximum Gasteiger partial charge on any atom is 0.387 e. The van der Waals surface area contributed by atoms with Crippen LogP contribution in [0, 0.1) is 11.3 Å². The number of benzene rings is 1. The van der Waals surface area contributed by atoms with E-state index in [-0.39, 0.29) is 30.3 Å². The molecule has 2 aliphatic rings. The van der Waals surface area contributed by atoms with Crippen LogP contribution in [0.15, 0.2) is 24.3 Å². The second kappa shape index (κ2) is 7.09. The van der Waals surface area contributed by atoms with Crippen molar-refractivity contribution < 1.29 is 28.2 Å². The molecule has 0 aromatic heterocycles. The molecule has 1 aliphatic heterocycles. The van der Waals surface area contributed by atoms with Crippen LogP contribution in [0.2, 0.25) is 0 Å². The molecule has 1 heterocycles. The maximum absolute atomic E-state index is 12.5. The number of nitrogens with one attached hydrogen (secondary N) is 1. The number of rotatable bonds is 5. The summed E-state index contributed by atoms with van der Waals surface area (Å²) in [6, 6.07) is 5.41. The number of fused-ring (bicyclic) bond motifs is 1. The second-order valence-electron chi connectivity index (χ2n) is 7.05. The number of hydrogen-bond acceptors (Lipinski definition) is 3. The molecule has 1 aliphatic carbocycles. The Kier molecular flexibility index (Phi) is 5.02. The molecule has 1 aromatic rings. The highest BCUT2D eigenvalue weighted by atomic mass is 19.3. The van der Waals surface area contributed by atoms with E-state index in [1.54, 1.807) is 24.0 Å². The molecule has 6 nitrogen and oxygen atoms in total. The SMILES string of the molecule is CC(NC(=O)N1C[C@@H]2CCC[C@@]2(C(=O)O)C1)c1ccc(OC(F)F)cc1. The first-order chi connectivity index (χ1) is 12.3. The zero-order valence-corrected chi connectivity index (χ0v) is 14.5. The Bertz CT molecular complexity index is 682. The van der Waals surface area contributed by atoms with Gasteiger partial charge in [0.05, 0.1) is 11.5 Å². The van der Waals surface area contributed by atoms with Crippen LogP contribution in [0.3, 0.4) is 0 Å². The number of likely N-dealkylation sites (tertiary alicyclic amines) is 1. The van der Waals surface area contributed by atoms with Crippen LogP contribution in [0.25, 0.3) is 0 Å². The summed E-state index contributed by atoms with van der Waals surface area (Å²) in [5, 5.41) is 12.4. The average molecular weight is 368 g/mol. The normalized spacial score (nSPS) is 25.8. The number of hydrogen-bond donors (Lipinski definition) is 2. The smallest absolute Gasteiger partial charge is 0.387 e. The van der Waals surface area contributed by atoms with E-state index in [9.17, 15) is 23.5 Å². The van der Waals surface area contributed by atoms with Crippen molar-refractivity contribution >= 4 is 12.0 Å². The van der Waals surface area contributed by atoms with Crippen LogP contribution in [-0.2, 0) is 4.79 Å². The van der Waals surface area contributed by atoms with Gasteiger partial charge in [-0.25, -0.2) is 4.79 Å². The molecule has 3 atom stereocenters. The molecule has 142 valence electrons.